The zero-order chi connectivity index (χ0) is 31.5. The molecule has 1 heteroatoms. The van der Waals surface area contributed by atoms with Crippen LogP contribution in [0.4, 0.5) is 0 Å². The van der Waals surface area contributed by atoms with Crippen LogP contribution in [0.5, 0.6) is 0 Å². The van der Waals surface area contributed by atoms with Crippen LogP contribution in [0.15, 0.2) is 158 Å². The van der Waals surface area contributed by atoms with Gasteiger partial charge in [0.2, 0.25) is 0 Å². The van der Waals surface area contributed by atoms with Crippen molar-refractivity contribution < 1.29 is 4.79 Å². The summed E-state index contributed by atoms with van der Waals surface area (Å²) in [7, 11) is 0. The zero-order valence-corrected chi connectivity index (χ0v) is 26.2. The Morgan fingerprint density at radius 3 is 1.15 bits per heavy atom. The lowest BCUT2D eigenvalue weighted by molar-refractivity contribution is -0.120. The van der Waals surface area contributed by atoms with Crippen LogP contribution in [0.25, 0.3) is 32.3 Å². The molecular weight excluding hydrogens is 581 g/mol. The highest BCUT2D eigenvalue weighted by molar-refractivity contribution is 6.14. The normalized spacial score (nSPS) is 20.1. The van der Waals surface area contributed by atoms with Crippen LogP contribution in [0, 0.1) is 0 Å². The van der Waals surface area contributed by atoms with Crippen molar-refractivity contribution in [3.05, 3.63) is 213 Å². The van der Waals surface area contributed by atoms with Crippen molar-refractivity contribution in [2.24, 2.45) is 0 Å². The molecular formula is C47H30O. The average Bonchev–Trinajstić information content (AvgIpc) is 3.15. The standard InChI is InChI=1S/C47H30O/c48-47-45-41-32-17-9-7-11-27(32)19-23-34(41)38(29-13-3-1-4-14-29)36-25-21-31-22-26-37-39(30-15-5-2-6-16-30)35-24-20-28-12-8-10-18-33(28)42(35)46(47)44(37)40(31)43(36)45/h1-26,38-39,45-46H. The van der Waals surface area contributed by atoms with E-state index in [0.29, 0.717) is 5.78 Å². The van der Waals surface area contributed by atoms with Gasteiger partial charge in [-0.2, -0.15) is 0 Å². The molecule has 0 saturated heterocycles. The molecule has 0 aliphatic heterocycles. The minimum atomic E-state index is -0.349. The van der Waals surface area contributed by atoms with Gasteiger partial charge >= 0.3 is 0 Å². The summed E-state index contributed by atoms with van der Waals surface area (Å²) >= 11 is 0. The molecule has 8 aromatic rings. The van der Waals surface area contributed by atoms with Crippen LogP contribution < -0.4 is 0 Å². The van der Waals surface area contributed by atoms with Crippen molar-refractivity contribution in [2.75, 3.05) is 0 Å². The van der Waals surface area contributed by atoms with Gasteiger partial charge in [0.05, 0.1) is 11.8 Å². The van der Waals surface area contributed by atoms with Crippen molar-refractivity contribution in [2.45, 2.75) is 23.7 Å². The number of fused-ring (bicyclic) bond motifs is 8. The first kappa shape index (κ1) is 26.3. The molecule has 11 rings (SSSR count). The number of carbonyl (C=O) groups is 1. The molecule has 4 atom stereocenters. The highest BCUT2D eigenvalue weighted by atomic mass is 16.1. The Morgan fingerprint density at radius 1 is 0.312 bits per heavy atom. The fraction of sp³-hybridized carbons (Fsp3) is 0.0851. The lowest BCUT2D eigenvalue weighted by atomic mass is 9.57. The molecule has 0 radical (unpaired) electrons. The van der Waals surface area contributed by atoms with E-state index in [-0.39, 0.29) is 23.7 Å². The Labute approximate surface area is 279 Å². The summed E-state index contributed by atoms with van der Waals surface area (Å²) in [6.07, 6.45) is 0. The number of ketones is 1. The third-order valence-electron chi connectivity index (χ3n) is 11.6. The van der Waals surface area contributed by atoms with E-state index < -0.39 is 0 Å². The predicted molar refractivity (Wildman–Crippen MR) is 195 cm³/mol. The van der Waals surface area contributed by atoms with Crippen LogP contribution in [0.1, 0.15) is 79.3 Å². The molecule has 0 amide bonds. The Hall–Kier alpha value is -5.79. The first-order valence-electron chi connectivity index (χ1n) is 17.0. The van der Waals surface area contributed by atoms with E-state index in [4.69, 9.17) is 0 Å². The van der Waals surface area contributed by atoms with Gasteiger partial charge in [0.25, 0.3) is 0 Å². The van der Waals surface area contributed by atoms with Crippen LogP contribution >= 0.6 is 0 Å². The molecule has 0 fully saturated rings. The molecule has 3 aliphatic rings. The zero-order valence-electron chi connectivity index (χ0n) is 26.2. The third-order valence-corrected chi connectivity index (χ3v) is 11.6. The number of rotatable bonds is 2. The Balaban J connectivity index is 1.34. The number of Topliss-reactive ketones (excluding diaryl/α,β-unsaturated/α-hetero) is 1. The maximum Gasteiger partial charge on any atom is 0.156 e. The van der Waals surface area contributed by atoms with E-state index in [1.807, 2.05) is 0 Å². The highest BCUT2D eigenvalue weighted by Crippen LogP contribution is 2.60. The van der Waals surface area contributed by atoms with Gasteiger partial charge in [-0.25, -0.2) is 0 Å². The van der Waals surface area contributed by atoms with Gasteiger partial charge in [-0.1, -0.05) is 158 Å². The summed E-state index contributed by atoms with van der Waals surface area (Å²) in [5.41, 5.74) is 12.4. The molecule has 224 valence electrons. The van der Waals surface area contributed by atoms with Crippen molar-refractivity contribution >= 4 is 38.1 Å². The first-order chi connectivity index (χ1) is 23.8. The third kappa shape index (κ3) is 3.33. The predicted octanol–water partition coefficient (Wildman–Crippen LogP) is 11.0. The first-order valence-corrected chi connectivity index (χ1v) is 17.0. The molecule has 0 spiro atoms. The lowest BCUT2D eigenvalue weighted by Crippen LogP contribution is -2.36. The van der Waals surface area contributed by atoms with Crippen LogP contribution in [0.2, 0.25) is 0 Å². The van der Waals surface area contributed by atoms with E-state index in [1.165, 1.54) is 88.0 Å². The molecule has 0 aromatic heterocycles. The second kappa shape index (κ2) is 9.62. The number of hydrogen-bond acceptors (Lipinski definition) is 1. The Bertz CT molecular complexity index is 2470. The van der Waals surface area contributed by atoms with Crippen LogP contribution in [-0.4, -0.2) is 5.78 Å². The van der Waals surface area contributed by atoms with E-state index >= 15 is 4.79 Å². The summed E-state index contributed by atoms with van der Waals surface area (Å²) in [5, 5.41) is 7.26. The summed E-state index contributed by atoms with van der Waals surface area (Å²) in [5.74, 6) is -0.307. The van der Waals surface area contributed by atoms with E-state index in [2.05, 4.69) is 158 Å². The minimum Gasteiger partial charge on any atom is -0.298 e. The number of carbonyl (C=O) groups excluding carboxylic acids is 1. The average molecular weight is 611 g/mol. The Kier molecular flexibility index (Phi) is 5.27. The van der Waals surface area contributed by atoms with Gasteiger partial charge in [0, 0.05) is 11.8 Å². The fourth-order valence-corrected chi connectivity index (χ4v) is 9.77. The van der Waals surface area contributed by atoms with Crippen molar-refractivity contribution in [1.82, 2.24) is 0 Å². The minimum absolute atomic E-state index is 0.0447. The van der Waals surface area contributed by atoms with Crippen LogP contribution in [0.3, 0.4) is 0 Å². The molecule has 0 bridgehead atoms. The second-order valence-electron chi connectivity index (χ2n) is 13.8. The quantitative estimate of drug-likeness (QED) is 0.190. The fourth-order valence-electron chi connectivity index (χ4n) is 9.77. The van der Waals surface area contributed by atoms with Gasteiger partial charge in [0.1, 0.15) is 0 Å². The molecule has 0 heterocycles. The van der Waals surface area contributed by atoms with Gasteiger partial charge in [0.15, 0.2) is 5.78 Å². The van der Waals surface area contributed by atoms with Gasteiger partial charge in [-0.3, -0.25) is 4.79 Å². The number of benzene rings is 8. The molecule has 4 unspecified atom stereocenters. The van der Waals surface area contributed by atoms with Crippen molar-refractivity contribution in [3.63, 3.8) is 0 Å². The molecule has 48 heavy (non-hydrogen) atoms. The lowest BCUT2D eigenvalue weighted by Gasteiger charge is -2.44. The maximum atomic E-state index is 15.9. The summed E-state index contributed by atoms with van der Waals surface area (Å²) in [6, 6.07) is 57.5. The highest BCUT2D eigenvalue weighted by Gasteiger charge is 2.49. The monoisotopic (exact) mass is 610 g/mol. The van der Waals surface area contributed by atoms with Gasteiger partial charge in [-0.15, -0.1) is 0 Å². The largest absolute Gasteiger partial charge is 0.298 e. The second-order valence-corrected chi connectivity index (χ2v) is 13.8. The summed E-state index contributed by atoms with van der Waals surface area (Å²) < 4.78 is 0. The number of hydrogen-bond donors (Lipinski definition) is 0. The summed E-state index contributed by atoms with van der Waals surface area (Å²) in [6.45, 7) is 0. The molecule has 0 N–H and O–H groups in total. The summed E-state index contributed by atoms with van der Waals surface area (Å²) in [4.78, 5) is 15.9. The molecule has 1 nitrogen and oxygen atoms in total. The maximum absolute atomic E-state index is 15.9. The van der Waals surface area contributed by atoms with Crippen molar-refractivity contribution in [1.29, 1.82) is 0 Å². The van der Waals surface area contributed by atoms with Gasteiger partial charge in [-0.05, 0) is 88.0 Å². The topological polar surface area (TPSA) is 17.1 Å². The molecule has 3 aliphatic carbocycles. The molecule has 0 saturated carbocycles. The molecule has 8 aromatic carbocycles. The SMILES string of the molecule is O=C1C2c3c(ccc4ccccc34)C(c3ccccc3)c3ccc4ccc5c(c4c32)C1c1c(ccc2ccccc12)C5c1ccccc1. The van der Waals surface area contributed by atoms with E-state index in [0.717, 1.165) is 0 Å². The van der Waals surface area contributed by atoms with Crippen molar-refractivity contribution in [3.8, 4) is 0 Å². The Morgan fingerprint density at radius 2 is 0.688 bits per heavy atom. The smallest absolute Gasteiger partial charge is 0.156 e. The van der Waals surface area contributed by atoms with Crippen LogP contribution in [-0.2, 0) is 4.79 Å². The van der Waals surface area contributed by atoms with E-state index in [9.17, 15) is 0 Å². The van der Waals surface area contributed by atoms with E-state index in [1.54, 1.807) is 0 Å². The van der Waals surface area contributed by atoms with Gasteiger partial charge < -0.3 is 0 Å².